The highest BCUT2D eigenvalue weighted by molar-refractivity contribution is 7.89. The van der Waals surface area contributed by atoms with E-state index in [4.69, 9.17) is 9.56 Å². The Morgan fingerprint density at radius 1 is 1.00 bits per heavy atom. The van der Waals surface area contributed by atoms with E-state index in [9.17, 15) is 13.2 Å². The number of pyridine rings is 1. The maximum absolute atomic E-state index is 13.4. The van der Waals surface area contributed by atoms with Crippen molar-refractivity contribution in [2.75, 3.05) is 4.90 Å². The van der Waals surface area contributed by atoms with E-state index in [2.05, 4.69) is 9.97 Å². The molecule has 5 rings (SSSR count). The average Bonchev–Trinajstić information content (AvgIpc) is 3.37. The third-order valence-corrected chi connectivity index (χ3v) is 6.33. The van der Waals surface area contributed by atoms with Gasteiger partial charge in [0.05, 0.1) is 17.0 Å². The van der Waals surface area contributed by atoms with Crippen LogP contribution in [0.4, 0.5) is 5.69 Å². The molecule has 0 radical (unpaired) electrons. The summed E-state index contributed by atoms with van der Waals surface area (Å²) in [7, 11) is -3.81. The van der Waals surface area contributed by atoms with Crippen LogP contribution in [-0.2, 0) is 21.4 Å². The minimum absolute atomic E-state index is 0.000245. The first-order chi connectivity index (χ1) is 15.4. The van der Waals surface area contributed by atoms with E-state index < -0.39 is 15.9 Å². The number of benzene rings is 2. The summed E-state index contributed by atoms with van der Waals surface area (Å²) in [4.78, 5) is 23.4. The second kappa shape index (κ2) is 7.70. The summed E-state index contributed by atoms with van der Waals surface area (Å²) in [5.41, 5.74) is 3.13. The van der Waals surface area contributed by atoms with Gasteiger partial charge in [-0.2, -0.15) is 0 Å². The fourth-order valence-corrected chi connectivity index (χ4v) is 4.40. The highest BCUT2D eigenvalue weighted by atomic mass is 32.2. The Kier molecular flexibility index (Phi) is 4.84. The number of primary sulfonamides is 1. The van der Waals surface area contributed by atoms with Gasteiger partial charge in [0.25, 0.3) is 0 Å². The Hall–Kier alpha value is -3.82. The average molecular weight is 446 g/mol. The van der Waals surface area contributed by atoms with Gasteiger partial charge in [-0.3, -0.25) is 9.78 Å². The van der Waals surface area contributed by atoms with Gasteiger partial charge < -0.3 is 9.32 Å². The summed E-state index contributed by atoms with van der Waals surface area (Å²) in [5, 5.41) is 5.19. The number of rotatable bonds is 5. The van der Waals surface area contributed by atoms with Crippen LogP contribution in [-0.4, -0.2) is 24.3 Å². The number of amides is 1. The Morgan fingerprint density at radius 2 is 1.72 bits per heavy atom. The van der Waals surface area contributed by atoms with Crippen molar-refractivity contribution >= 4 is 21.6 Å². The van der Waals surface area contributed by atoms with Crippen molar-refractivity contribution in [1.82, 2.24) is 9.97 Å². The van der Waals surface area contributed by atoms with Crippen LogP contribution < -0.4 is 10.0 Å². The zero-order chi connectivity index (χ0) is 22.3. The molecular formula is C23H18N4O4S. The molecule has 0 saturated heterocycles. The quantitative estimate of drug-likeness (QED) is 0.503. The summed E-state index contributed by atoms with van der Waals surface area (Å²) >= 11 is 0. The SMILES string of the molecule is NS(=O)(=O)c1ccc(C2C(=O)N(Cc3ncc(-c4ccncc4)o3)c3ccccc32)cc1. The van der Waals surface area contributed by atoms with Crippen molar-refractivity contribution in [3.8, 4) is 11.3 Å². The van der Waals surface area contributed by atoms with Gasteiger partial charge >= 0.3 is 0 Å². The molecule has 1 aliphatic heterocycles. The van der Waals surface area contributed by atoms with Crippen molar-refractivity contribution in [2.45, 2.75) is 17.4 Å². The predicted molar refractivity (Wildman–Crippen MR) is 117 cm³/mol. The molecule has 1 unspecified atom stereocenters. The second-order valence-corrected chi connectivity index (χ2v) is 8.95. The molecule has 1 atom stereocenters. The molecule has 0 spiro atoms. The Balaban J connectivity index is 1.46. The van der Waals surface area contributed by atoms with Gasteiger partial charge in [0.15, 0.2) is 5.76 Å². The number of fused-ring (bicyclic) bond motifs is 1. The number of anilines is 1. The van der Waals surface area contributed by atoms with Crippen molar-refractivity contribution in [3.05, 3.63) is 96.3 Å². The zero-order valence-electron chi connectivity index (χ0n) is 16.8. The number of hydrogen-bond acceptors (Lipinski definition) is 6. The first-order valence-electron chi connectivity index (χ1n) is 9.80. The fourth-order valence-electron chi connectivity index (χ4n) is 3.89. The van der Waals surface area contributed by atoms with E-state index in [0.29, 0.717) is 17.2 Å². The van der Waals surface area contributed by atoms with Crippen LogP contribution in [0.15, 0.2) is 88.6 Å². The van der Waals surface area contributed by atoms with Crippen molar-refractivity contribution in [2.24, 2.45) is 5.14 Å². The molecule has 8 nitrogen and oxygen atoms in total. The topological polar surface area (TPSA) is 119 Å². The zero-order valence-corrected chi connectivity index (χ0v) is 17.6. The van der Waals surface area contributed by atoms with Crippen LogP contribution in [0.1, 0.15) is 22.9 Å². The lowest BCUT2D eigenvalue weighted by molar-refractivity contribution is -0.118. The van der Waals surface area contributed by atoms with Crippen molar-refractivity contribution in [3.63, 3.8) is 0 Å². The molecule has 2 aromatic carbocycles. The number of nitrogens with zero attached hydrogens (tertiary/aromatic N) is 3. The molecule has 0 aliphatic carbocycles. The summed E-state index contributed by atoms with van der Waals surface area (Å²) < 4.78 is 29.0. The predicted octanol–water partition coefficient (Wildman–Crippen LogP) is 3.06. The highest BCUT2D eigenvalue weighted by Crippen LogP contribution is 2.42. The number of nitrogens with two attached hydrogens (primary N) is 1. The molecule has 2 N–H and O–H groups in total. The Morgan fingerprint density at radius 3 is 2.44 bits per heavy atom. The van der Waals surface area contributed by atoms with Gasteiger partial charge in [-0.15, -0.1) is 0 Å². The van der Waals surface area contributed by atoms with E-state index in [0.717, 1.165) is 16.8 Å². The third kappa shape index (κ3) is 3.57. The highest BCUT2D eigenvalue weighted by Gasteiger charge is 2.38. The summed E-state index contributed by atoms with van der Waals surface area (Å²) in [5.74, 6) is 0.302. The molecule has 160 valence electrons. The van der Waals surface area contributed by atoms with Gasteiger partial charge in [0.1, 0.15) is 6.54 Å². The monoisotopic (exact) mass is 446 g/mol. The number of carbonyl (C=O) groups excluding carboxylic acids is 1. The van der Waals surface area contributed by atoms with E-state index in [-0.39, 0.29) is 17.3 Å². The molecule has 1 aliphatic rings. The lowest BCUT2D eigenvalue weighted by Gasteiger charge is -2.16. The van der Waals surface area contributed by atoms with Gasteiger partial charge in [0, 0.05) is 23.6 Å². The number of carbonyl (C=O) groups is 1. The molecule has 2 aromatic heterocycles. The molecule has 3 heterocycles. The van der Waals surface area contributed by atoms with Crippen molar-refractivity contribution in [1.29, 1.82) is 0 Å². The largest absolute Gasteiger partial charge is 0.439 e. The lowest BCUT2D eigenvalue weighted by atomic mass is 9.93. The molecule has 0 saturated carbocycles. The minimum Gasteiger partial charge on any atom is -0.439 e. The number of sulfonamides is 1. The van der Waals surface area contributed by atoms with Gasteiger partial charge in [-0.05, 0) is 41.5 Å². The number of aromatic nitrogens is 2. The Bertz CT molecular complexity index is 1400. The molecule has 4 aromatic rings. The molecule has 9 heteroatoms. The lowest BCUT2D eigenvalue weighted by Crippen LogP contribution is -2.28. The maximum Gasteiger partial charge on any atom is 0.239 e. The standard InChI is InChI=1S/C23H18N4O4S/c24-32(29,30)17-7-5-16(6-8-17)22-18-3-1-2-4-19(18)27(23(22)28)14-21-26-13-20(31-21)15-9-11-25-12-10-15/h1-13,22H,14H2,(H2,24,29,30). The molecular weight excluding hydrogens is 428 g/mol. The third-order valence-electron chi connectivity index (χ3n) is 5.41. The normalized spacial score (nSPS) is 15.7. The minimum atomic E-state index is -3.81. The molecule has 0 fully saturated rings. The van der Waals surface area contributed by atoms with Crippen LogP contribution in [0.25, 0.3) is 11.3 Å². The van der Waals surface area contributed by atoms with Crippen LogP contribution >= 0.6 is 0 Å². The van der Waals surface area contributed by atoms with E-state index in [1.165, 1.54) is 12.1 Å². The molecule has 1 amide bonds. The second-order valence-electron chi connectivity index (χ2n) is 7.38. The van der Waals surface area contributed by atoms with E-state index >= 15 is 0 Å². The summed E-state index contributed by atoms with van der Waals surface area (Å²) in [6.45, 7) is 0.173. The van der Waals surface area contributed by atoms with Crippen LogP contribution in [0.2, 0.25) is 0 Å². The molecule has 0 bridgehead atoms. The first kappa shape index (κ1) is 20.1. The van der Waals surface area contributed by atoms with Gasteiger partial charge in [-0.1, -0.05) is 30.3 Å². The van der Waals surface area contributed by atoms with E-state index in [1.54, 1.807) is 35.6 Å². The summed E-state index contributed by atoms with van der Waals surface area (Å²) in [6.07, 6.45) is 4.97. The first-order valence-corrected chi connectivity index (χ1v) is 11.3. The van der Waals surface area contributed by atoms with Crippen LogP contribution in [0.5, 0.6) is 0 Å². The van der Waals surface area contributed by atoms with E-state index in [1.807, 2.05) is 36.4 Å². The van der Waals surface area contributed by atoms with Crippen LogP contribution in [0.3, 0.4) is 0 Å². The number of hydrogen-bond donors (Lipinski definition) is 1. The maximum atomic E-state index is 13.4. The summed E-state index contributed by atoms with van der Waals surface area (Å²) in [6, 6.07) is 17.2. The van der Waals surface area contributed by atoms with Gasteiger partial charge in [0.2, 0.25) is 21.8 Å². The number of oxazole rings is 1. The Labute approximate surface area is 184 Å². The van der Waals surface area contributed by atoms with Crippen molar-refractivity contribution < 1.29 is 17.6 Å². The van der Waals surface area contributed by atoms with Crippen LogP contribution in [0, 0.1) is 0 Å². The molecule has 32 heavy (non-hydrogen) atoms. The van der Waals surface area contributed by atoms with Gasteiger partial charge in [-0.25, -0.2) is 18.5 Å². The fraction of sp³-hybridized carbons (Fsp3) is 0.0870. The number of para-hydroxylation sites is 1. The smallest absolute Gasteiger partial charge is 0.239 e.